The highest BCUT2D eigenvalue weighted by atomic mass is 35.5. The van der Waals surface area contributed by atoms with Crippen LogP contribution in [0.1, 0.15) is 61.1 Å². The topological polar surface area (TPSA) is 99.9 Å². The van der Waals surface area contributed by atoms with Gasteiger partial charge in [0.05, 0.1) is 29.2 Å². The first-order valence-electron chi connectivity index (χ1n) is 12.5. The van der Waals surface area contributed by atoms with Crippen molar-refractivity contribution in [1.29, 1.82) is 0 Å². The van der Waals surface area contributed by atoms with Gasteiger partial charge >= 0.3 is 0 Å². The minimum Gasteiger partial charge on any atom is -0.356 e. The lowest BCUT2D eigenvalue weighted by atomic mass is 9.98. The molecule has 0 aliphatic carbocycles. The summed E-state index contributed by atoms with van der Waals surface area (Å²) in [5.74, 6) is 1.17. The van der Waals surface area contributed by atoms with Gasteiger partial charge in [0, 0.05) is 36.8 Å². The summed E-state index contributed by atoms with van der Waals surface area (Å²) in [5, 5.41) is 5.68. The number of nitrogens with one attached hydrogen (secondary N) is 1. The second-order valence-corrected chi connectivity index (χ2v) is 12.6. The predicted octanol–water partition coefficient (Wildman–Crippen LogP) is 5.01. The fraction of sp³-hybridized carbons (Fsp3) is 0.480. The fourth-order valence-electron chi connectivity index (χ4n) is 5.35. The van der Waals surface area contributed by atoms with Crippen molar-refractivity contribution in [2.24, 2.45) is 5.92 Å². The Morgan fingerprint density at radius 2 is 1.89 bits per heavy atom. The van der Waals surface area contributed by atoms with Gasteiger partial charge in [-0.1, -0.05) is 30.1 Å². The molecule has 0 unspecified atom stereocenters. The van der Waals surface area contributed by atoms with Crippen molar-refractivity contribution in [2.45, 2.75) is 45.1 Å². The minimum atomic E-state index is -3.59. The molecule has 2 atom stereocenters. The van der Waals surface area contributed by atoms with Crippen LogP contribution in [0.5, 0.6) is 0 Å². The molecule has 2 aliphatic heterocycles. The first-order chi connectivity index (χ1) is 17.6. The molecule has 4 heterocycles. The number of benzene rings is 1. The molecule has 1 N–H and O–H groups in total. The number of likely N-dealkylation sites (tertiary alicyclic amines) is 1. The van der Waals surface area contributed by atoms with E-state index in [1.165, 1.54) is 18.6 Å². The Hall–Kier alpha value is -2.56. The van der Waals surface area contributed by atoms with Crippen LogP contribution >= 0.6 is 23.2 Å². The lowest BCUT2D eigenvalue weighted by Gasteiger charge is -2.35. The molecule has 2 saturated heterocycles. The van der Waals surface area contributed by atoms with Gasteiger partial charge in [0.1, 0.15) is 11.0 Å². The number of aromatic nitrogens is 3. The molecule has 0 bridgehead atoms. The molecule has 1 aromatic carbocycles. The Morgan fingerprint density at radius 3 is 2.65 bits per heavy atom. The number of hydrogen-bond acceptors (Lipinski definition) is 6. The van der Waals surface area contributed by atoms with E-state index in [0.717, 1.165) is 56.5 Å². The highest BCUT2D eigenvalue weighted by Gasteiger charge is 2.33. The van der Waals surface area contributed by atoms with Crippen molar-refractivity contribution in [1.82, 2.24) is 19.5 Å². The molecular formula is C25H30Cl2N6O3S. The molecule has 9 nitrogen and oxygen atoms in total. The number of amides is 1. The standard InChI is InChI=1S/C25H30Cl2N6O3S/c1-16-6-5-10-31(15-16)24-14-22(27)28-23-13-20(29-33(23)24)21-7-3-4-11-32(21)25(34)18-12-17(26)8-9-19(18)30-37(2,35)36/h8-9,12-14,16,21,30H,3-7,10-11,15H2,1-2H3/t16-,21+/m1/s1. The van der Waals surface area contributed by atoms with Gasteiger partial charge in [0.2, 0.25) is 10.0 Å². The first-order valence-corrected chi connectivity index (χ1v) is 15.1. The van der Waals surface area contributed by atoms with Crippen LogP contribution in [0.15, 0.2) is 30.3 Å². The molecule has 0 spiro atoms. The average Bonchev–Trinajstić information content (AvgIpc) is 3.27. The summed E-state index contributed by atoms with van der Waals surface area (Å²) in [6, 6.07) is 8.02. The zero-order chi connectivity index (χ0) is 26.3. The van der Waals surface area contributed by atoms with Gasteiger partial charge in [-0.05, 0) is 56.2 Å². The third kappa shape index (κ3) is 5.66. The van der Waals surface area contributed by atoms with Crippen molar-refractivity contribution in [3.63, 3.8) is 0 Å². The zero-order valence-corrected chi connectivity index (χ0v) is 23.2. The Bertz CT molecular complexity index is 1440. The molecule has 2 fully saturated rings. The SMILES string of the molecule is C[C@@H]1CCCN(c2cc(Cl)nc3cc([C@@H]4CCCCN4C(=O)c4cc(Cl)ccc4NS(C)(=O)=O)nn23)C1. The number of carbonyl (C=O) groups is 1. The van der Waals surface area contributed by atoms with E-state index in [9.17, 15) is 13.2 Å². The normalized spacial score (nSPS) is 20.9. The Kier molecular flexibility index (Phi) is 7.26. The third-order valence-electron chi connectivity index (χ3n) is 6.99. The van der Waals surface area contributed by atoms with Crippen molar-refractivity contribution in [3.05, 3.63) is 51.8 Å². The van der Waals surface area contributed by atoms with Crippen molar-refractivity contribution < 1.29 is 13.2 Å². The molecule has 3 aromatic rings. The second kappa shape index (κ2) is 10.3. The minimum absolute atomic E-state index is 0.200. The zero-order valence-electron chi connectivity index (χ0n) is 20.8. The van der Waals surface area contributed by atoms with Crippen molar-refractivity contribution >= 4 is 56.3 Å². The fourth-order valence-corrected chi connectivity index (χ4v) is 6.28. The smallest absolute Gasteiger partial charge is 0.256 e. The van der Waals surface area contributed by atoms with Gasteiger partial charge in [-0.15, -0.1) is 0 Å². The van der Waals surface area contributed by atoms with Crippen LogP contribution in [0, 0.1) is 5.92 Å². The predicted molar refractivity (Wildman–Crippen MR) is 146 cm³/mol. The molecule has 5 rings (SSSR count). The summed E-state index contributed by atoms with van der Waals surface area (Å²) in [6.07, 6.45) is 5.86. The lowest BCUT2D eigenvalue weighted by Crippen LogP contribution is -2.39. The van der Waals surface area contributed by atoms with E-state index in [1.54, 1.807) is 11.0 Å². The Morgan fingerprint density at radius 1 is 1.08 bits per heavy atom. The van der Waals surface area contributed by atoms with E-state index in [1.807, 2.05) is 16.6 Å². The number of hydrogen-bond donors (Lipinski definition) is 1. The van der Waals surface area contributed by atoms with Gasteiger partial charge in [-0.3, -0.25) is 9.52 Å². The number of nitrogens with zero attached hydrogens (tertiary/aromatic N) is 5. The lowest BCUT2D eigenvalue weighted by molar-refractivity contribution is 0.0607. The molecule has 1 amide bonds. The molecule has 37 heavy (non-hydrogen) atoms. The second-order valence-electron chi connectivity index (χ2n) is 10.0. The largest absolute Gasteiger partial charge is 0.356 e. The van der Waals surface area contributed by atoms with Gasteiger partial charge in [-0.25, -0.2) is 13.4 Å². The summed E-state index contributed by atoms with van der Waals surface area (Å²) in [5.41, 5.74) is 1.77. The number of halogens is 2. The molecule has 12 heteroatoms. The summed E-state index contributed by atoms with van der Waals surface area (Å²) < 4.78 is 28.1. The number of piperidine rings is 2. The van der Waals surface area contributed by atoms with Crippen LogP contribution in [0.25, 0.3) is 5.65 Å². The number of fused-ring (bicyclic) bond motifs is 1. The third-order valence-corrected chi connectivity index (χ3v) is 8.01. The van der Waals surface area contributed by atoms with Crippen LogP contribution in [-0.2, 0) is 10.0 Å². The molecule has 0 radical (unpaired) electrons. The maximum Gasteiger partial charge on any atom is 0.256 e. The Balaban J connectivity index is 1.52. The number of anilines is 2. The van der Waals surface area contributed by atoms with Crippen molar-refractivity contribution in [3.8, 4) is 0 Å². The van der Waals surface area contributed by atoms with Gasteiger partial charge in [0.15, 0.2) is 5.65 Å². The summed E-state index contributed by atoms with van der Waals surface area (Å²) in [4.78, 5) is 22.4. The van der Waals surface area contributed by atoms with E-state index in [0.29, 0.717) is 28.3 Å². The van der Waals surface area contributed by atoms with Crippen LogP contribution < -0.4 is 9.62 Å². The van der Waals surface area contributed by atoms with E-state index < -0.39 is 10.0 Å². The maximum atomic E-state index is 13.8. The van der Waals surface area contributed by atoms with Crippen LogP contribution in [0.2, 0.25) is 10.2 Å². The van der Waals surface area contributed by atoms with Gasteiger partial charge in [-0.2, -0.15) is 9.61 Å². The highest BCUT2D eigenvalue weighted by Crippen LogP contribution is 2.35. The highest BCUT2D eigenvalue weighted by molar-refractivity contribution is 7.92. The summed E-state index contributed by atoms with van der Waals surface area (Å²) >= 11 is 12.6. The molecule has 2 aromatic heterocycles. The first kappa shape index (κ1) is 26.1. The van der Waals surface area contributed by atoms with E-state index in [2.05, 4.69) is 21.5 Å². The van der Waals surface area contributed by atoms with Crippen LogP contribution in [0.3, 0.4) is 0 Å². The summed E-state index contributed by atoms with van der Waals surface area (Å²) in [6.45, 7) is 4.61. The number of carbonyl (C=O) groups excluding carboxylic acids is 1. The average molecular weight is 566 g/mol. The number of rotatable bonds is 5. The maximum absolute atomic E-state index is 13.8. The van der Waals surface area contributed by atoms with Gasteiger partial charge in [0.25, 0.3) is 5.91 Å². The monoisotopic (exact) mass is 564 g/mol. The van der Waals surface area contributed by atoms with E-state index in [4.69, 9.17) is 28.3 Å². The van der Waals surface area contributed by atoms with Crippen LogP contribution in [0.4, 0.5) is 11.5 Å². The molecule has 2 aliphatic rings. The van der Waals surface area contributed by atoms with Gasteiger partial charge < -0.3 is 9.80 Å². The quantitative estimate of drug-likeness (QED) is 0.437. The molecule has 0 saturated carbocycles. The Labute approximate surface area is 226 Å². The van der Waals surface area contributed by atoms with E-state index >= 15 is 0 Å². The summed E-state index contributed by atoms with van der Waals surface area (Å²) in [7, 11) is -3.59. The molecular weight excluding hydrogens is 535 g/mol. The van der Waals surface area contributed by atoms with Crippen LogP contribution in [-0.4, -0.2) is 59.7 Å². The number of sulfonamides is 1. The van der Waals surface area contributed by atoms with E-state index in [-0.39, 0.29) is 23.2 Å². The van der Waals surface area contributed by atoms with Crippen molar-refractivity contribution in [2.75, 3.05) is 35.5 Å². The molecule has 198 valence electrons.